The van der Waals surface area contributed by atoms with E-state index in [-0.39, 0.29) is 19.0 Å². The molecule has 7 nitrogen and oxygen atoms in total. The molecule has 0 radical (unpaired) electrons. The molecule has 5 rings (SSSR count). The van der Waals surface area contributed by atoms with E-state index in [0.29, 0.717) is 35.8 Å². The number of nitrogens with zero attached hydrogens (tertiary/aromatic N) is 2. The minimum Gasteiger partial charge on any atom is -0.493 e. The molecule has 4 aromatic rings. The van der Waals surface area contributed by atoms with E-state index >= 15 is 0 Å². The molecular weight excluding hydrogens is 531 g/mol. The van der Waals surface area contributed by atoms with Crippen LogP contribution in [0, 0.1) is 5.82 Å². The van der Waals surface area contributed by atoms with E-state index < -0.39 is 17.8 Å². The van der Waals surface area contributed by atoms with E-state index in [4.69, 9.17) is 18.6 Å². The maximum atomic E-state index is 13.7. The lowest BCUT2D eigenvalue weighted by molar-refractivity contribution is -0.145. The summed E-state index contributed by atoms with van der Waals surface area (Å²) in [5.74, 6) is 0.300. The van der Waals surface area contributed by atoms with Crippen LogP contribution >= 0.6 is 15.9 Å². The first kappa shape index (κ1) is 24.1. The van der Waals surface area contributed by atoms with Gasteiger partial charge in [-0.05, 0) is 36.2 Å². The smallest absolute Gasteiger partial charge is 0.329 e. The number of anilines is 1. The Balaban J connectivity index is 1.57. The Hall–Kier alpha value is -3.59. The van der Waals surface area contributed by atoms with Crippen LogP contribution in [0.2, 0.25) is 0 Å². The molecule has 0 bridgehead atoms. The fourth-order valence-electron chi connectivity index (χ4n) is 4.37. The van der Waals surface area contributed by atoms with Crippen LogP contribution in [0.4, 0.5) is 10.4 Å². The van der Waals surface area contributed by atoms with Gasteiger partial charge in [0.05, 0.1) is 13.7 Å². The van der Waals surface area contributed by atoms with Gasteiger partial charge in [0.25, 0.3) is 6.01 Å². The topological polar surface area (TPSA) is 74.0 Å². The van der Waals surface area contributed by atoms with Crippen molar-refractivity contribution in [3.8, 4) is 11.5 Å². The molecule has 0 N–H and O–H groups in total. The summed E-state index contributed by atoms with van der Waals surface area (Å²) in [4.78, 5) is 19.4. The highest BCUT2D eigenvalue weighted by molar-refractivity contribution is 9.10. The lowest BCUT2D eigenvalue weighted by atomic mass is 9.92. The number of ether oxygens (including phenoxy) is 3. The molecule has 1 aromatic heterocycles. The number of hydrogen-bond donors (Lipinski definition) is 0. The molecule has 186 valence electrons. The van der Waals surface area contributed by atoms with E-state index in [0.717, 1.165) is 21.2 Å². The molecular formula is C27H24BrFN2O5. The summed E-state index contributed by atoms with van der Waals surface area (Å²) in [6, 6.07) is 15.3. The summed E-state index contributed by atoms with van der Waals surface area (Å²) in [6.45, 7) is 2.62. The number of carbonyl (C=O) groups is 1. The third-order valence-corrected chi connectivity index (χ3v) is 6.81. The third-order valence-electron chi connectivity index (χ3n) is 6.10. The molecule has 1 aliphatic rings. The predicted octanol–water partition coefficient (Wildman–Crippen LogP) is 5.81. The van der Waals surface area contributed by atoms with Crippen LogP contribution in [-0.4, -0.2) is 30.7 Å². The zero-order valence-corrected chi connectivity index (χ0v) is 21.4. The van der Waals surface area contributed by atoms with Crippen molar-refractivity contribution in [2.75, 3.05) is 18.6 Å². The van der Waals surface area contributed by atoms with Crippen LogP contribution in [0.5, 0.6) is 11.5 Å². The second-order valence-corrected chi connectivity index (χ2v) is 9.18. The summed E-state index contributed by atoms with van der Waals surface area (Å²) >= 11 is 3.66. The lowest BCUT2D eigenvalue weighted by Crippen LogP contribution is -2.47. The number of methoxy groups -OCH3 is 1. The summed E-state index contributed by atoms with van der Waals surface area (Å²) in [6.07, 6.45) is 0.279. The quantitative estimate of drug-likeness (QED) is 0.267. The number of fused-ring (bicyclic) bond motifs is 2. The molecule has 2 heterocycles. The zero-order valence-electron chi connectivity index (χ0n) is 19.8. The largest absolute Gasteiger partial charge is 0.493 e. The monoisotopic (exact) mass is 554 g/mol. The number of esters is 1. The van der Waals surface area contributed by atoms with Crippen molar-refractivity contribution in [2.24, 2.45) is 0 Å². The van der Waals surface area contributed by atoms with Crippen molar-refractivity contribution in [3.05, 3.63) is 81.6 Å². The van der Waals surface area contributed by atoms with Gasteiger partial charge >= 0.3 is 5.97 Å². The number of aromatic nitrogens is 1. The molecule has 0 spiro atoms. The summed E-state index contributed by atoms with van der Waals surface area (Å²) in [7, 11) is 1.58. The average molecular weight is 555 g/mol. The van der Waals surface area contributed by atoms with Gasteiger partial charge in [0.2, 0.25) is 0 Å². The summed E-state index contributed by atoms with van der Waals surface area (Å²) < 4.78 is 37.7. The number of halogens is 2. The predicted molar refractivity (Wildman–Crippen MR) is 136 cm³/mol. The highest BCUT2D eigenvalue weighted by atomic mass is 79.9. The Bertz CT molecular complexity index is 1410. The van der Waals surface area contributed by atoms with E-state index in [1.54, 1.807) is 25.0 Å². The molecule has 0 amide bonds. The normalized spacial score (nSPS) is 15.0. The molecule has 1 unspecified atom stereocenters. The van der Waals surface area contributed by atoms with Crippen LogP contribution in [-0.2, 0) is 29.1 Å². The van der Waals surface area contributed by atoms with Gasteiger partial charge in [-0.2, -0.15) is 4.98 Å². The van der Waals surface area contributed by atoms with Gasteiger partial charge in [-0.1, -0.05) is 46.3 Å². The van der Waals surface area contributed by atoms with Gasteiger partial charge < -0.3 is 23.5 Å². The Morgan fingerprint density at radius 3 is 2.75 bits per heavy atom. The van der Waals surface area contributed by atoms with Crippen molar-refractivity contribution < 1.29 is 27.8 Å². The van der Waals surface area contributed by atoms with Gasteiger partial charge in [-0.15, -0.1) is 0 Å². The fraction of sp³-hybridized carbons (Fsp3) is 0.259. The maximum absolute atomic E-state index is 13.7. The molecule has 36 heavy (non-hydrogen) atoms. The van der Waals surface area contributed by atoms with Crippen molar-refractivity contribution in [3.63, 3.8) is 0 Å². The molecule has 1 aliphatic heterocycles. The summed E-state index contributed by atoms with van der Waals surface area (Å²) in [5.41, 5.74) is 3.57. The van der Waals surface area contributed by atoms with Gasteiger partial charge in [-0.3, -0.25) is 0 Å². The van der Waals surface area contributed by atoms with E-state index in [9.17, 15) is 9.18 Å². The van der Waals surface area contributed by atoms with Gasteiger partial charge in [-0.25, -0.2) is 9.18 Å². The standard InChI is InChI=1S/C27H24BrFN2O5/c1-3-34-26(32)22-12-18-19(14-31(22)27-30-21-10-9-17(29)11-23(21)36-27)20(28)13-24(33-2)25(18)35-15-16-7-5-4-6-8-16/h4-11,13,22H,3,12,14-15H2,1-2H3. The first-order chi connectivity index (χ1) is 17.5. The van der Waals surface area contributed by atoms with Gasteiger partial charge in [0, 0.05) is 29.1 Å². The number of hydrogen-bond acceptors (Lipinski definition) is 7. The van der Waals surface area contributed by atoms with Crippen molar-refractivity contribution in [1.82, 2.24) is 4.98 Å². The van der Waals surface area contributed by atoms with Crippen molar-refractivity contribution in [2.45, 2.75) is 32.5 Å². The second kappa shape index (κ2) is 10.2. The van der Waals surface area contributed by atoms with Crippen LogP contribution in [0.25, 0.3) is 11.1 Å². The van der Waals surface area contributed by atoms with E-state index in [1.807, 2.05) is 36.4 Å². The molecule has 0 saturated heterocycles. The van der Waals surface area contributed by atoms with Crippen molar-refractivity contribution >= 4 is 39.0 Å². The SMILES string of the molecule is CCOC(=O)C1Cc2c(c(Br)cc(OC)c2OCc2ccccc2)CN1c1nc2ccc(F)cc2o1. The molecule has 0 aliphatic carbocycles. The second-order valence-electron chi connectivity index (χ2n) is 8.33. The van der Waals surface area contributed by atoms with E-state index in [2.05, 4.69) is 20.9 Å². The number of oxazole rings is 1. The maximum Gasteiger partial charge on any atom is 0.329 e. The summed E-state index contributed by atoms with van der Waals surface area (Å²) in [5, 5.41) is 0. The highest BCUT2D eigenvalue weighted by Gasteiger charge is 2.38. The van der Waals surface area contributed by atoms with Crippen molar-refractivity contribution in [1.29, 1.82) is 0 Å². The minimum absolute atomic E-state index is 0.216. The highest BCUT2D eigenvalue weighted by Crippen LogP contribution is 2.44. The van der Waals surface area contributed by atoms with Crippen LogP contribution in [0.15, 0.2) is 63.5 Å². The molecule has 0 saturated carbocycles. The molecule has 3 aromatic carbocycles. The first-order valence-corrected chi connectivity index (χ1v) is 12.3. The minimum atomic E-state index is -0.728. The van der Waals surface area contributed by atoms with Crippen LogP contribution < -0.4 is 14.4 Å². The average Bonchev–Trinajstić information content (AvgIpc) is 3.31. The molecule has 1 atom stereocenters. The Morgan fingerprint density at radius 1 is 1.19 bits per heavy atom. The Morgan fingerprint density at radius 2 is 2.00 bits per heavy atom. The lowest BCUT2D eigenvalue weighted by Gasteiger charge is -2.35. The Kier molecular flexibility index (Phi) is 6.82. The zero-order chi connectivity index (χ0) is 25.2. The first-order valence-electron chi connectivity index (χ1n) is 11.5. The number of carbonyl (C=O) groups excluding carboxylic acids is 1. The molecule has 9 heteroatoms. The third kappa shape index (κ3) is 4.63. The van der Waals surface area contributed by atoms with Crippen LogP contribution in [0.3, 0.4) is 0 Å². The Labute approximate surface area is 215 Å². The number of rotatable bonds is 7. The van der Waals surface area contributed by atoms with Gasteiger partial charge in [0.15, 0.2) is 17.1 Å². The van der Waals surface area contributed by atoms with E-state index in [1.165, 1.54) is 12.1 Å². The van der Waals surface area contributed by atoms with Crippen LogP contribution in [0.1, 0.15) is 23.6 Å². The fourth-order valence-corrected chi connectivity index (χ4v) is 4.94. The van der Waals surface area contributed by atoms with Gasteiger partial charge in [0.1, 0.15) is 24.0 Å². The molecule has 0 fully saturated rings. The number of benzene rings is 3.